The Hall–Kier alpha value is -0.850. The van der Waals surface area contributed by atoms with Gasteiger partial charge in [0.05, 0.1) is 19.3 Å². The fraction of sp³-hybridized carbons (Fsp3) is 0.944. The molecule has 2 aliphatic rings. The van der Waals surface area contributed by atoms with Crippen LogP contribution in [-0.4, -0.2) is 76.1 Å². The first kappa shape index (κ1) is 19.5. The summed E-state index contributed by atoms with van der Waals surface area (Å²) in [5.41, 5.74) is 0. The van der Waals surface area contributed by atoms with Crippen LogP contribution < -0.4 is 10.6 Å². The van der Waals surface area contributed by atoms with E-state index in [-0.39, 0.29) is 0 Å². The van der Waals surface area contributed by atoms with Crippen molar-refractivity contribution in [1.29, 1.82) is 0 Å². The first-order chi connectivity index (χ1) is 11.8. The van der Waals surface area contributed by atoms with Crippen LogP contribution in [0, 0.1) is 0 Å². The third-order valence-electron chi connectivity index (χ3n) is 5.00. The SMILES string of the molecule is CCC1CCCCN1CCNC(=NC)NCCOCC1CCCO1. The number of hydrogen-bond donors (Lipinski definition) is 2. The van der Waals surface area contributed by atoms with Gasteiger partial charge in [0.15, 0.2) is 5.96 Å². The van der Waals surface area contributed by atoms with Gasteiger partial charge in [0.1, 0.15) is 0 Å². The molecule has 6 heteroatoms. The zero-order chi connectivity index (χ0) is 17.0. The number of likely N-dealkylation sites (tertiary alicyclic amines) is 1. The average molecular weight is 341 g/mol. The van der Waals surface area contributed by atoms with E-state index in [1.165, 1.54) is 38.6 Å². The van der Waals surface area contributed by atoms with Crippen LogP contribution in [0.1, 0.15) is 45.4 Å². The van der Waals surface area contributed by atoms with E-state index in [4.69, 9.17) is 9.47 Å². The first-order valence-corrected chi connectivity index (χ1v) is 9.71. The number of nitrogens with zero attached hydrogens (tertiary/aromatic N) is 2. The molecule has 0 aromatic rings. The van der Waals surface area contributed by atoms with E-state index in [1.54, 1.807) is 0 Å². The zero-order valence-electron chi connectivity index (χ0n) is 15.6. The number of rotatable bonds is 9. The molecule has 2 heterocycles. The minimum absolute atomic E-state index is 0.304. The molecule has 2 aliphatic heterocycles. The second kappa shape index (κ2) is 11.7. The lowest BCUT2D eigenvalue weighted by Gasteiger charge is -2.35. The van der Waals surface area contributed by atoms with Crippen LogP contribution in [0.4, 0.5) is 0 Å². The fourth-order valence-corrected chi connectivity index (χ4v) is 3.59. The Balaban J connectivity index is 1.51. The van der Waals surface area contributed by atoms with Gasteiger partial charge < -0.3 is 20.1 Å². The van der Waals surface area contributed by atoms with Crippen molar-refractivity contribution in [2.45, 2.75) is 57.6 Å². The van der Waals surface area contributed by atoms with Crippen LogP contribution >= 0.6 is 0 Å². The monoisotopic (exact) mass is 340 g/mol. The molecule has 2 atom stereocenters. The van der Waals surface area contributed by atoms with Gasteiger partial charge in [-0.1, -0.05) is 13.3 Å². The van der Waals surface area contributed by atoms with Crippen LogP contribution in [0.3, 0.4) is 0 Å². The summed E-state index contributed by atoms with van der Waals surface area (Å²) in [5, 5.41) is 6.72. The molecule has 0 saturated carbocycles. The Labute approximate surface area is 147 Å². The standard InChI is InChI=1S/C18H36N4O2/c1-3-16-7-4-5-11-22(16)12-9-20-18(19-2)21-10-14-23-15-17-8-6-13-24-17/h16-17H,3-15H2,1-2H3,(H2,19,20,21). The van der Waals surface area contributed by atoms with E-state index in [2.05, 4.69) is 27.4 Å². The molecule has 24 heavy (non-hydrogen) atoms. The maximum atomic E-state index is 5.66. The summed E-state index contributed by atoms with van der Waals surface area (Å²) >= 11 is 0. The van der Waals surface area contributed by atoms with Crippen LogP contribution in [0.15, 0.2) is 4.99 Å². The molecule has 0 spiro atoms. The molecule has 2 saturated heterocycles. The van der Waals surface area contributed by atoms with Gasteiger partial charge in [0.25, 0.3) is 0 Å². The summed E-state index contributed by atoms with van der Waals surface area (Å²) in [7, 11) is 1.82. The number of aliphatic imine (C=N–C) groups is 1. The largest absolute Gasteiger partial charge is 0.377 e. The molecule has 2 rings (SSSR count). The number of ether oxygens (including phenoxy) is 2. The average Bonchev–Trinajstić information content (AvgIpc) is 3.13. The molecular weight excluding hydrogens is 304 g/mol. The van der Waals surface area contributed by atoms with Gasteiger partial charge in [0, 0.05) is 39.3 Å². The highest BCUT2D eigenvalue weighted by molar-refractivity contribution is 5.79. The summed E-state index contributed by atoms with van der Waals surface area (Å²) < 4.78 is 11.2. The second-order valence-electron chi connectivity index (χ2n) is 6.73. The van der Waals surface area contributed by atoms with Gasteiger partial charge in [-0.25, -0.2) is 0 Å². The third kappa shape index (κ3) is 6.95. The normalized spacial score (nSPS) is 25.8. The van der Waals surface area contributed by atoms with Crippen LogP contribution in [0.5, 0.6) is 0 Å². The summed E-state index contributed by atoms with van der Waals surface area (Å²) in [6.07, 6.45) is 7.94. The van der Waals surface area contributed by atoms with Gasteiger partial charge in [-0.05, 0) is 38.6 Å². The molecule has 0 aliphatic carbocycles. The minimum Gasteiger partial charge on any atom is -0.377 e. The zero-order valence-corrected chi connectivity index (χ0v) is 15.6. The lowest BCUT2D eigenvalue weighted by molar-refractivity contribution is 0.0191. The number of hydrogen-bond acceptors (Lipinski definition) is 4. The minimum atomic E-state index is 0.304. The topological polar surface area (TPSA) is 58.1 Å². The predicted molar refractivity (Wildman–Crippen MR) is 98.7 cm³/mol. The maximum Gasteiger partial charge on any atom is 0.191 e. The fourth-order valence-electron chi connectivity index (χ4n) is 3.59. The molecule has 0 amide bonds. The molecule has 0 aromatic heterocycles. The molecule has 6 nitrogen and oxygen atoms in total. The van der Waals surface area contributed by atoms with E-state index in [0.29, 0.717) is 19.3 Å². The van der Waals surface area contributed by atoms with Crippen LogP contribution in [0.2, 0.25) is 0 Å². The smallest absolute Gasteiger partial charge is 0.191 e. The van der Waals surface area contributed by atoms with Gasteiger partial charge in [0.2, 0.25) is 0 Å². The molecular formula is C18H36N4O2. The third-order valence-corrected chi connectivity index (χ3v) is 5.00. The maximum absolute atomic E-state index is 5.66. The molecule has 0 aromatic carbocycles. The Morgan fingerprint density at radius 1 is 1.21 bits per heavy atom. The van der Waals surface area contributed by atoms with E-state index in [1.807, 2.05) is 7.05 Å². The summed E-state index contributed by atoms with van der Waals surface area (Å²) in [6.45, 7) is 8.62. The van der Waals surface area contributed by atoms with Crippen molar-refractivity contribution < 1.29 is 9.47 Å². The van der Waals surface area contributed by atoms with Crippen molar-refractivity contribution in [3.05, 3.63) is 0 Å². The molecule has 140 valence electrons. The molecule has 0 radical (unpaired) electrons. The highest BCUT2D eigenvalue weighted by Crippen LogP contribution is 2.18. The van der Waals surface area contributed by atoms with Crippen molar-refractivity contribution in [2.24, 2.45) is 4.99 Å². The van der Waals surface area contributed by atoms with Crippen molar-refractivity contribution in [3.8, 4) is 0 Å². The van der Waals surface area contributed by atoms with Crippen molar-refractivity contribution in [1.82, 2.24) is 15.5 Å². The van der Waals surface area contributed by atoms with Gasteiger partial charge >= 0.3 is 0 Å². The molecule has 2 N–H and O–H groups in total. The molecule has 2 unspecified atom stereocenters. The predicted octanol–water partition coefficient (Wildman–Crippen LogP) is 1.61. The number of guanidine groups is 1. The number of piperidine rings is 1. The van der Waals surface area contributed by atoms with Crippen molar-refractivity contribution in [3.63, 3.8) is 0 Å². The summed E-state index contributed by atoms with van der Waals surface area (Å²) in [6, 6.07) is 0.765. The summed E-state index contributed by atoms with van der Waals surface area (Å²) in [4.78, 5) is 6.90. The van der Waals surface area contributed by atoms with Crippen molar-refractivity contribution in [2.75, 3.05) is 53.0 Å². The molecule has 2 fully saturated rings. The number of nitrogens with one attached hydrogen (secondary N) is 2. The Bertz CT molecular complexity index is 359. The van der Waals surface area contributed by atoms with Crippen molar-refractivity contribution >= 4 is 5.96 Å². The summed E-state index contributed by atoms with van der Waals surface area (Å²) in [5.74, 6) is 0.862. The van der Waals surface area contributed by atoms with Crippen LogP contribution in [0.25, 0.3) is 0 Å². The second-order valence-corrected chi connectivity index (χ2v) is 6.73. The van der Waals surface area contributed by atoms with E-state index >= 15 is 0 Å². The van der Waals surface area contributed by atoms with Gasteiger partial charge in [-0.2, -0.15) is 0 Å². The van der Waals surface area contributed by atoms with Gasteiger partial charge in [-0.3, -0.25) is 9.89 Å². The lowest BCUT2D eigenvalue weighted by Crippen LogP contribution is -2.46. The molecule has 0 bridgehead atoms. The van der Waals surface area contributed by atoms with Crippen LogP contribution in [-0.2, 0) is 9.47 Å². The highest BCUT2D eigenvalue weighted by atomic mass is 16.5. The Kier molecular flexibility index (Phi) is 9.46. The van der Waals surface area contributed by atoms with Gasteiger partial charge in [-0.15, -0.1) is 0 Å². The van der Waals surface area contributed by atoms with E-state index < -0.39 is 0 Å². The Morgan fingerprint density at radius 2 is 2.08 bits per heavy atom. The van der Waals surface area contributed by atoms with E-state index in [0.717, 1.165) is 44.7 Å². The highest BCUT2D eigenvalue weighted by Gasteiger charge is 2.20. The Morgan fingerprint density at radius 3 is 2.83 bits per heavy atom. The van der Waals surface area contributed by atoms with E-state index in [9.17, 15) is 0 Å². The lowest BCUT2D eigenvalue weighted by atomic mass is 10.0. The first-order valence-electron chi connectivity index (χ1n) is 9.71. The quantitative estimate of drug-likeness (QED) is 0.379.